The number of nitrogens with zero attached hydrogens (tertiary/aromatic N) is 2. The van der Waals surface area contributed by atoms with Crippen molar-refractivity contribution in [3.63, 3.8) is 0 Å². The van der Waals surface area contributed by atoms with Crippen molar-refractivity contribution in [3.05, 3.63) is 26.6 Å². The Kier molecular flexibility index (Phi) is 5.72. The number of rotatable bonds is 6. The third kappa shape index (κ3) is 4.41. The van der Waals surface area contributed by atoms with Crippen LogP contribution in [-0.4, -0.2) is 40.9 Å². The Hall–Kier alpha value is -1.73. The normalized spacial score (nSPS) is 17.1. The summed E-state index contributed by atoms with van der Waals surface area (Å²) in [5.41, 5.74) is 6.77. The highest BCUT2D eigenvalue weighted by Crippen LogP contribution is 2.35. The molecule has 1 unspecified atom stereocenters. The minimum atomic E-state index is -0.108. The molecule has 0 aliphatic heterocycles. The molecule has 0 radical (unpaired) electrons. The Morgan fingerprint density at radius 3 is 2.89 bits per heavy atom. The number of carbonyl (C=O) groups excluding carboxylic acids is 1. The van der Waals surface area contributed by atoms with Crippen molar-refractivity contribution >= 4 is 27.5 Å². The Morgan fingerprint density at radius 2 is 2.19 bits per heavy atom. The molecule has 0 spiro atoms. The number of amides is 1. The van der Waals surface area contributed by atoms with Gasteiger partial charge in [0.25, 0.3) is 5.56 Å². The molecule has 7 heteroatoms. The van der Waals surface area contributed by atoms with Gasteiger partial charge in [0.1, 0.15) is 10.7 Å². The number of aromatic nitrogens is 2. The second-order valence-corrected chi connectivity index (χ2v) is 9.75. The van der Waals surface area contributed by atoms with E-state index in [1.807, 2.05) is 13.8 Å². The number of H-pyrrole nitrogens is 1. The number of carbonyl (C=O) groups is 1. The highest BCUT2D eigenvalue weighted by molar-refractivity contribution is 7.18. The van der Waals surface area contributed by atoms with Crippen LogP contribution in [0.1, 0.15) is 49.9 Å². The molecule has 27 heavy (non-hydrogen) atoms. The van der Waals surface area contributed by atoms with Gasteiger partial charge in [0.15, 0.2) is 0 Å². The van der Waals surface area contributed by atoms with Gasteiger partial charge in [0.05, 0.1) is 5.39 Å². The van der Waals surface area contributed by atoms with Crippen molar-refractivity contribution in [3.8, 4) is 0 Å². The topological polar surface area (TPSA) is 92.1 Å². The van der Waals surface area contributed by atoms with Crippen LogP contribution < -0.4 is 11.3 Å². The molecule has 0 bridgehead atoms. The van der Waals surface area contributed by atoms with Crippen molar-refractivity contribution < 1.29 is 4.79 Å². The predicted molar refractivity (Wildman–Crippen MR) is 110 cm³/mol. The van der Waals surface area contributed by atoms with Gasteiger partial charge >= 0.3 is 0 Å². The fourth-order valence-electron chi connectivity index (χ4n) is 3.72. The number of hydrogen-bond acceptors (Lipinski definition) is 5. The average Bonchev–Trinajstić information content (AvgIpc) is 2.96. The van der Waals surface area contributed by atoms with E-state index >= 15 is 0 Å². The van der Waals surface area contributed by atoms with Gasteiger partial charge in [-0.3, -0.25) is 9.59 Å². The fraction of sp³-hybridized carbons (Fsp3) is 0.650. The van der Waals surface area contributed by atoms with Crippen molar-refractivity contribution in [1.82, 2.24) is 14.9 Å². The zero-order valence-corrected chi connectivity index (χ0v) is 17.5. The third-order valence-corrected chi connectivity index (χ3v) is 6.58. The van der Waals surface area contributed by atoms with Crippen LogP contribution in [0.15, 0.2) is 4.79 Å². The molecule has 1 atom stereocenters. The minimum Gasteiger partial charge on any atom is -0.345 e. The monoisotopic (exact) mass is 390 g/mol. The molecule has 1 aliphatic rings. The molecule has 2 aromatic heterocycles. The summed E-state index contributed by atoms with van der Waals surface area (Å²) < 4.78 is 0. The van der Waals surface area contributed by atoms with Crippen LogP contribution in [-0.2, 0) is 24.1 Å². The summed E-state index contributed by atoms with van der Waals surface area (Å²) in [7, 11) is 1.80. The lowest BCUT2D eigenvalue weighted by Gasteiger charge is -2.29. The maximum absolute atomic E-state index is 12.6. The number of nitrogens with two attached hydrogens (primary N) is 1. The van der Waals surface area contributed by atoms with Gasteiger partial charge in [-0.2, -0.15) is 0 Å². The van der Waals surface area contributed by atoms with Gasteiger partial charge in [-0.05, 0) is 42.7 Å². The van der Waals surface area contributed by atoms with Gasteiger partial charge in [0, 0.05) is 31.3 Å². The first-order valence-electron chi connectivity index (χ1n) is 9.67. The zero-order valence-electron chi connectivity index (χ0n) is 16.7. The van der Waals surface area contributed by atoms with Crippen LogP contribution in [0, 0.1) is 11.3 Å². The predicted octanol–water partition coefficient (Wildman–Crippen LogP) is 2.49. The van der Waals surface area contributed by atoms with Crippen LogP contribution in [0.2, 0.25) is 0 Å². The summed E-state index contributed by atoms with van der Waals surface area (Å²) in [6.07, 6.45) is 3.89. The number of fused-ring (bicyclic) bond motifs is 3. The quantitative estimate of drug-likeness (QED) is 0.793. The van der Waals surface area contributed by atoms with E-state index in [2.05, 4.69) is 16.9 Å². The van der Waals surface area contributed by atoms with E-state index in [0.29, 0.717) is 37.7 Å². The number of nitrogens with one attached hydrogen (secondary N) is 1. The van der Waals surface area contributed by atoms with Crippen molar-refractivity contribution in [2.24, 2.45) is 17.1 Å². The van der Waals surface area contributed by atoms with Crippen molar-refractivity contribution in [2.75, 3.05) is 20.1 Å². The lowest BCUT2D eigenvalue weighted by Crippen LogP contribution is -2.39. The maximum atomic E-state index is 12.6. The molecule has 2 aromatic rings. The average molecular weight is 391 g/mol. The largest absolute Gasteiger partial charge is 0.345 e. The second-order valence-electron chi connectivity index (χ2n) is 8.66. The van der Waals surface area contributed by atoms with E-state index in [-0.39, 0.29) is 16.9 Å². The highest BCUT2D eigenvalue weighted by atomic mass is 32.1. The van der Waals surface area contributed by atoms with Crippen molar-refractivity contribution in [1.29, 1.82) is 0 Å². The second kappa shape index (κ2) is 7.72. The van der Waals surface area contributed by atoms with Crippen molar-refractivity contribution in [2.45, 2.75) is 52.9 Å². The Labute approximate surface area is 164 Å². The van der Waals surface area contributed by atoms with E-state index in [1.165, 1.54) is 10.4 Å². The van der Waals surface area contributed by atoms with E-state index in [4.69, 9.17) is 5.73 Å². The number of hydrogen-bond donors (Lipinski definition) is 2. The van der Waals surface area contributed by atoms with Gasteiger partial charge in [-0.1, -0.05) is 20.8 Å². The fourth-order valence-corrected chi connectivity index (χ4v) is 5.13. The molecule has 0 saturated heterocycles. The van der Waals surface area contributed by atoms with Crippen LogP contribution in [0.5, 0.6) is 0 Å². The third-order valence-electron chi connectivity index (χ3n) is 5.43. The summed E-state index contributed by atoms with van der Waals surface area (Å²) in [6.45, 7) is 7.48. The van der Waals surface area contributed by atoms with Gasteiger partial charge in [0.2, 0.25) is 5.91 Å². The van der Waals surface area contributed by atoms with Gasteiger partial charge in [-0.25, -0.2) is 4.98 Å². The molecule has 3 N–H and O–H groups in total. The molecule has 3 rings (SSSR count). The van der Waals surface area contributed by atoms with Crippen LogP contribution in [0.4, 0.5) is 0 Å². The summed E-state index contributed by atoms with van der Waals surface area (Å²) in [6, 6.07) is 0. The van der Waals surface area contributed by atoms with Crippen LogP contribution in [0.3, 0.4) is 0 Å². The lowest BCUT2D eigenvalue weighted by atomic mass is 9.89. The standard InChI is InChI=1S/C20H30N4O2S/c1-12-5-6-13-14(9-12)27-19-17(13)18(26)22-15(23-19)7-8-16(25)24(4)11-20(2,3)10-21/h12H,5-11,21H2,1-4H3,(H,22,23,26). The zero-order chi connectivity index (χ0) is 19.8. The molecular formula is C20H30N4O2S. The maximum Gasteiger partial charge on any atom is 0.259 e. The smallest absolute Gasteiger partial charge is 0.259 e. The first kappa shape index (κ1) is 20.0. The molecule has 1 amide bonds. The number of aromatic amines is 1. The van der Waals surface area contributed by atoms with E-state index in [1.54, 1.807) is 23.3 Å². The Bertz CT molecular complexity index is 899. The summed E-state index contributed by atoms with van der Waals surface area (Å²) in [5, 5.41) is 0.763. The van der Waals surface area contributed by atoms with E-state index in [9.17, 15) is 9.59 Å². The van der Waals surface area contributed by atoms with E-state index in [0.717, 1.165) is 29.5 Å². The Balaban J connectivity index is 1.73. The van der Waals surface area contributed by atoms with E-state index < -0.39 is 0 Å². The van der Waals surface area contributed by atoms with Crippen LogP contribution >= 0.6 is 11.3 Å². The minimum absolute atomic E-state index is 0.0403. The number of thiophene rings is 1. The lowest BCUT2D eigenvalue weighted by molar-refractivity contribution is -0.131. The summed E-state index contributed by atoms with van der Waals surface area (Å²) in [4.78, 5) is 36.4. The molecule has 1 aliphatic carbocycles. The number of aryl methyl sites for hydroxylation is 2. The van der Waals surface area contributed by atoms with Gasteiger partial charge in [-0.15, -0.1) is 11.3 Å². The summed E-state index contributed by atoms with van der Waals surface area (Å²) >= 11 is 1.64. The molecular weight excluding hydrogens is 360 g/mol. The van der Waals surface area contributed by atoms with Crippen LogP contribution in [0.25, 0.3) is 10.2 Å². The highest BCUT2D eigenvalue weighted by Gasteiger charge is 2.24. The molecule has 2 heterocycles. The first-order valence-corrected chi connectivity index (χ1v) is 10.5. The molecule has 148 valence electrons. The van der Waals surface area contributed by atoms with Gasteiger partial charge < -0.3 is 15.6 Å². The molecule has 0 aromatic carbocycles. The summed E-state index contributed by atoms with van der Waals surface area (Å²) in [5.74, 6) is 1.30. The molecule has 0 fully saturated rings. The Morgan fingerprint density at radius 1 is 1.44 bits per heavy atom. The first-order chi connectivity index (χ1) is 12.7. The SMILES string of the molecule is CC1CCc2c(sc3nc(CCC(=O)N(C)CC(C)(C)CN)[nH]c(=O)c23)C1. The molecule has 6 nitrogen and oxygen atoms in total. The molecule has 0 saturated carbocycles.